The summed E-state index contributed by atoms with van der Waals surface area (Å²) in [4.78, 5) is 24.4. The Morgan fingerprint density at radius 2 is 1.41 bits per heavy atom. The molecule has 3 rings (SSSR count). The molecule has 136 valence electrons. The third kappa shape index (κ3) is 4.92. The average Bonchev–Trinajstić information content (AvgIpc) is 2.69. The van der Waals surface area contributed by atoms with Crippen molar-refractivity contribution in [3.8, 4) is 0 Å². The predicted octanol–water partition coefficient (Wildman–Crippen LogP) is 4.66. The quantitative estimate of drug-likeness (QED) is 0.674. The van der Waals surface area contributed by atoms with Crippen LogP contribution in [0.15, 0.2) is 72.8 Å². The molecule has 0 spiro atoms. The molecule has 0 saturated carbocycles. The van der Waals surface area contributed by atoms with E-state index in [1.54, 1.807) is 36.4 Å². The van der Waals surface area contributed by atoms with Crippen molar-refractivity contribution in [2.24, 2.45) is 0 Å². The number of hydrogen-bond donors (Lipinski definition) is 2. The van der Waals surface area contributed by atoms with Gasteiger partial charge in [-0.2, -0.15) is 0 Å². The van der Waals surface area contributed by atoms with Crippen molar-refractivity contribution in [3.05, 3.63) is 100 Å². The lowest BCUT2D eigenvalue weighted by Gasteiger charge is -2.08. The van der Waals surface area contributed by atoms with E-state index in [2.05, 4.69) is 10.6 Å². The second-order valence-corrected chi connectivity index (χ2v) is 6.26. The maximum atomic E-state index is 13.6. The Morgan fingerprint density at radius 1 is 0.815 bits per heavy atom. The molecule has 27 heavy (non-hydrogen) atoms. The Kier molecular flexibility index (Phi) is 5.84. The van der Waals surface area contributed by atoms with Gasteiger partial charge in [-0.3, -0.25) is 9.59 Å². The normalized spacial score (nSPS) is 10.3. The van der Waals surface area contributed by atoms with Gasteiger partial charge in [0.05, 0.1) is 5.69 Å². The van der Waals surface area contributed by atoms with Crippen molar-refractivity contribution in [2.75, 3.05) is 5.32 Å². The standard InChI is InChI=1S/C21H16ClFN2O2/c22-17-11-5-14(6-12-17)13-24-20(26)15-7-9-16(10-8-15)21(27)25-19-4-2-1-3-18(19)23/h1-12H,13H2,(H,24,26)(H,25,27). The fourth-order valence-electron chi connectivity index (χ4n) is 2.42. The van der Waals surface area contributed by atoms with Gasteiger partial charge >= 0.3 is 0 Å². The van der Waals surface area contributed by atoms with Crippen molar-refractivity contribution < 1.29 is 14.0 Å². The lowest BCUT2D eigenvalue weighted by Crippen LogP contribution is -2.23. The van der Waals surface area contributed by atoms with Gasteiger partial charge in [-0.25, -0.2) is 4.39 Å². The molecule has 4 nitrogen and oxygen atoms in total. The first-order valence-electron chi connectivity index (χ1n) is 8.21. The zero-order valence-electron chi connectivity index (χ0n) is 14.2. The van der Waals surface area contributed by atoms with Gasteiger partial charge in [0, 0.05) is 22.7 Å². The zero-order valence-corrected chi connectivity index (χ0v) is 15.0. The van der Waals surface area contributed by atoms with Crippen LogP contribution in [0.25, 0.3) is 0 Å². The Labute approximate surface area is 161 Å². The van der Waals surface area contributed by atoms with E-state index in [0.717, 1.165) is 5.56 Å². The first kappa shape index (κ1) is 18.6. The Hall–Kier alpha value is -3.18. The molecule has 0 aliphatic heterocycles. The SMILES string of the molecule is O=C(NCc1ccc(Cl)cc1)c1ccc(C(=O)Nc2ccccc2F)cc1. The fraction of sp³-hybridized carbons (Fsp3) is 0.0476. The third-order valence-corrected chi connectivity index (χ3v) is 4.15. The summed E-state index contributed by atoms with van der Waals surface area (Å²) in [6.07, 6.45) is 0. The minimum absolute atomic E-state index is 0.104. The predicted molar refractivity (Wildman–Crippen MR) is 103 cm³/mol. The Morgan fingerprint density at radius 3 is 2.04 bits per heavy atom. The summed E-state index contributed by atoms with van der Waals surface area (Å²) in [5.41, 5.74) is 1.78. The minimum atomic E-state index is -0.510. The van der Waals surface area contributed by atoms with Crippen molar-refractivity contribution in [2.45, 2.75) is 6.54 Å². The van der Waals surface area contributed by atoms with Gasteiger partial charge in [0.15, 0.2) is 0 Å². The highest BCUT2D eigenvalue weighted by Gasteiger charge is 2.11. The van der Waals surface area contributed by atoms with E-state index >= 15 is 0 Å². The van der Waals surface area contributed by atoms with Gasteiger partial charge in [0.25, 0.3) is 11.8 Å². The molecule has 0 unspecified atom stereocenters. The van der Waals surface area contributed by atoms with Crippen LogP contribution in [0.1, 0.15) is 26.3 Å². The number of carbonyl (C=O) groups is 2. The van der Waals surface area contributed by atoms with Crippen LogP contribution in [0.2, 0.25) is 5.02 Å². The summed E-state index contributed by atoms with van der Waals surface area (Å²) in [7, 11) is 0. The summed E-state index contributed by atoms with van der Waals surface area (Å²) in [5, 5.41) is 5.93. The minimum Gasteiger partial charge on any atom is -0.348 e. The van der Waals surface area contributed by atoms with Crippen LogP contribution in [0.4, 0.5) is 10.1 Å². The lowest BCUT2D eigenvalue weighted by molar-refractivity contribution is 0.0949. The van der Waals surface area contributed by atoms with E-state index in [0.29, 0.717) is 22.7 Å². The second-order valence-electron chi connectivity index (χ2n) is 5.82. The van der Waals surface area contributed by atoms with E-state index in [1.165, 1.54) is 24.3 Å². The zero-order chi connectivity index (χ0) is 19.2. The van der Waals surface area contributed by atoms with Crippen LogP contribution < -0.4 is 10.6 Å². The summed E-state index contributed by atoms with van der Waals surface area (Å²) in [6.45, 7) is 0.367. The number of para-hydroxylation sites is 1. The molecular formula is C21H16ClFN2O2. The number of halogens is 2. The lowest BCUT2D eigenvalue weighted by atomic mass is 10.1. The highest BCUT2D eigenvalue weighted by atomic mass is 35.5. The van der Waals surface area contributed by atoms with Crippen LogP contribution in [-0.4, -0.2) is 11.8 Å². The highest BCUT2D eigenvalue weighted by Crippen LogP contribution is 2.15. The van der Waals surface area contributed by atoms with Crippen molar-refractivity contribution >= 4 is 29.1 Å². The molecule has 0 heterocycles. The topological polar surface area (TPSA) is 58.2 Å². The van der Waals surface area contributed by atoms with Crippen LogP contribution in [0.3, 0.4) is 0 Å². The second kappa shape index (κ2) is 8.47. The van der Waals surface area contributed by atoms with Gasteiger partial charge in [-0.1, -0.05) is 35.9 Å². The van der Waals surface area contributed by atoms with E-state index in [4.69, 9.17) is 11.6 Å². The van der Waals surface area contributed by atoms with Crippen LogP contribution in [0.5, 0.6) is 0 Å². The molecule has 0 saturated heterocycles. The molecule has 0 bridgehead atoms. The molecule has 2 amide bonds. The summed E-state index contributed by atoms with van der Waals surface area (Å²) in [6, 6.07) is 19.2. The number of amides is 2. The largest absolute Gasteiger partial charge is 0.348 e. The number of anilines is 1. The monoisotopic (exact) mass is 382 g/mol. The number of hydrogen-bond acceptors (Lipinski definition) is 2. The van der Waals surface area contributed by atoms with Gasteiger partial charge in [-0.05, 0) is 54.1 Å². The van der Waals surface area contributed by atoms with Crippen molar-refractivity contribution in [1.29, 1.82) is 0 Å². The van der Waals surface area contributed by atoms with E-state index in [-0.39, 0.29) is 11.6 Å². The summed E-state index contributed by atoms with van der Waals surface area (Å²) >= 11 is 5.83. The molecule has 6 heteroatoms. The highest BCUT2D eigenvalue weighted by molar-refractivity contribution is 6.30. The first-order valence-corrected chi connectivity index (χ1v) is 8.59. The molecule has 0 fully saturated rings. The number of benzene rings is 3. The van der Waals surface area contributed by atoms with E-state index < -0.39 is 11.7 Å². The van der Waals surface area contributed by atoms with Gasteiger partial charge in [0.1, 0.15) is 5.82 Å². The molecular weight excluding hydrogens is 367 g/mol. The Bertz CT molecular complexity index is 957. The Balaban J connectivity index is 1.60. The number of carbonyl (C=O) groups excluding carboxylic acids is 2. The smallest absolute Gasteiger partial charge is 0.255 e. The molecule has 0 radical (unpaired) electrons. The van der Waals surface area contributed by atoms with Crippen molar-refractivity contribution in [3.63, 3.8) is 0 Å². The molecule has 3 aromatic rings. The molecule has 0 aromatic heterocycles. The van der Waals surface area contributed by atoms with Gasteiger partial charge < -0.3 is 10.6 Å². The van der Waals surface area contributed by atoms with Gasteiger partial charge in [-0.15, -0.1) is 0 Å². The number of rotatable bonds is 5. The van der Waals surface area contributed by atoms with Gasteiger partial charge in [0.2, 0.25) is 0 Å². The van der Waals surface area contributed by atoms with E-state index in [9.17, 15) is 14.0 Å². The van der Waals surface area contributed by atoms with Crippen LogP contribution in [-0.2, 0) is 6.54 Å². The molecule has 0 aliphatic carbocycles. The average molecular weight is 383 g/mol. The maximum Gasteiger partial charge on any atom is 0.255 e. The number of nitrogens with one attached hydrogen (secondary N) is 2. The molecule has 3 aromatic carbocycles. The van der Waals surface area contributed by atoms with E-state index in [1.807, 2.05) is 12.1 Å². The third-order valence-electron chi connectivity index (χ3n) is 3.90. The summed E-state index contributed by atoms with van der Waals surface area (Å²) < 4.78 is 13.6. The maximum absolute atomic E-state index is 13.6. The molecule has 0 atom stereocenters. The molecule has 0 aliphatic rings. The van der Waals surface area contributed by atoms with Crippen LogP contribution in [0, 0.1) is 5.82 Å². The van der Waals surface area contributed by atoms with Crippen LogP contribution >= 0.6 is 11.6 Å². The van der Waals surface area contributed by atoms with Crippen molar-refractivity contribution in [1.82, 2.24) is 5.32 Å². The summed E-state index contributed by atoms with van der Waals surface area (Å²) in [5.74, 6) is -1.22. The molecule has 2 N–H and O–H groups in total. The first-order chi connectivity index (χ1) is 13.0. The fourth-order valence-corrected chi connectivity index (χ4v) is 2.54.